The van der Waals surface area contributed by atoms with E-state index in [0.717, 1.165) is 27.6 Å². The van der Waals surface area contributed by atoms with E-state index >= 15 is 0 Å². The lowest BCUT2D eigenvalue weighted by Crippen LogP contribution is -1.89. The molecule has 4 heteroatoms. The zero-order valence-electron chi connectivity index (χ0n) is 10.4. The minimum absolute atomic E-state index is 0.410. The molecule has 0 spiro atoms. The first kappa shape index (κ1) is 12.6. The third-order valence-corrected chi connectivity index (χ3v) is 3.74. The summed E-state index contributed by atoms with van der Waals surface area (Å²) in [6, 6.07) is 8.28. The van der Waals surface area contributed by atoms with Gasteiger partial charge in [0.15, 0.2) is 0 Å². The highest BCUT2D eigenvalue weighted by Crippen LogP contribution is 2.33. The van der Waals surface area contributed by atoms with Gasteiger partial charge in [-0.2, -0.15) is 5.26 Å². The van der Waals surface area contributed by atoms with Crippen molar-refractivity contribution in [1.29, 1.82) is 5.26 Å². The van der Waals surface area contributed by atoms with Crippen molar-refractivity contribution < 1.29 is 4.74 Å². The molecule has 0 saturated carbocycles. The highest BCUT2D eigenvalue weighted by molar-refractivity contribution is 7.15. The number of aromatic nitrogens is 1. The molecule has 0 fully saturated rings. The number of methoxy groups -OCH3 is 1. The summed E-state index contributed by atoms with van der Waals surface area (Å²) in [4.78, 5) is 5.36. The van der Waals surface area contributed by atoms with Crippen molar-refractivity contribution in [3.05, 3.63) is 34.8 Å². The molecule has 2 aromatic rings. The van der Waals surface area contributed by atoms with E-state index in [4.69, 9.17) is 10.00 Å². The van der Waals surface area contributed by atoms with Gasteiger partial charge in [0.25, 0.3) is 0 Å². The van der Waals surface area contributed by atoms with Crippen LogP contribution >= 0.6 is 11.3 Å². The van der Waals surface area contributed by atoms with Crippen molar-refractivity contribution in [2.75, 3.05) is 7.11 Å². The highest BCUT2D eigenvalue weighted by atomic mass is 32.1. The van der Waals surface area contributed by atoms with E-state index in [1.165, 1.54) is 5.56 Å². The van der Waals surface area contributed by atoms with Crippen LogP contribution in [0.1, 0.15) is 17.4 Å². The van der Waals surface area contributed by atoms with Crippen LogP contribution in [-0.2, 0) is 12.8 Å². The molecule has 92 valence electrons. The number of nitriles is 1. The van der Waals surface area contributed by atoms with Crippen molar-refractivity contribution in [3.63, 3.8) is 0 Å². The number of aryl methyl sites for hydroxylation is 1. The van der Waals surface area contributed by atoms with E-state index in [1.807, 2.05) is 6.07 Å². The van der Waals surface area contributed by atoms with Crippen LogP contribution < -0.4 is 4.74 Å². The zero-order valence-corrected chi connectivity index (χ0v) is 11.3. The molecule has 1 aromatic heterocycles. The van der Waals surface area contributed by atoms with Gasteiger partial charge in [0.2, 0.25) is 0 Å². The zero-order chi connectivity index (χ0) is 13.0. The number of hydrogen-bond acceptors (Lipinski definition) is 4. The average molecular weight is 258 g/mol. The van der Waals surface area contributed by atoms with Gasteiger partial charge >= 0.3 is 0 Å². The second kappa shape index (κ2) is 5.65. The Bertz CT molecular complexity index is 584. The Kier molecular flexibility index (Phi) is 3.96. The fourth-order valence-electron chi connectivity index (χ4n) is 1.73. The topological polar surface area (TPSA) is 45.9 Å². The van der Waals surface area contributed by atoms with Crippen molar-refractivity contribution in [3.8, 4) is 22.4 Å². The molecule has 0 aliphatic carbocycles. The summed E-state index contributed by atoms with van der Waals surface area (Å²) >= 11 is 1.55. The van der Waals surface area contributed by atoms with Gasteiger partial charge in [-0.1, -0.05) is 13.0 Å². The first-order valence-electron chi connectivity index (χ1n) is 5.77. The van der Waals surface area contributed by atoms with Crippen LogP contribution in [0, 0.1) is 11.3 Å². The van der Waals surface area contributed by atoms with Gasteiger partial charge in [-0.3, -0.25) is 0 Å². The molecule has 0 unspecified atom stereocenters. The summed E-state index contributed by atoms with van der Waals surface area (Å²) in [6.07, 6.45) is 3.15. The number of ether oxygens (including phenoxy) is 1. The summed E-state index contributed by atoms with van der Waals surface area (Å²) in [6.45, 7) is 2.12. The summed E-state index contributed by atoms with van der Waals surface area (Å²) in [5.41, 5.74) is 2.26. The molecular formula is C14H14N2OS. The number of benzene rings is 1. The molecule has 2 rings (SSSR count). The standard InChI is InChI=1S/C14H14N2OS/c1-3-10-4-5-13(17-2)12(8-10)14-16-9-11(18-14)6-7-15/h4-5,8-9H,3,6H2,1-2H3. The Morgan fingerprint density at radius 1 is 1.44 bits per heavy atom. The first-order chi connectivity index (χ1) is 8.78. The van der Waals surface area contributed by atoms with Gasteiger partial charge in [-0.05, 0) is 24.1 Å². The smallest absolute Gasteiger partial charge is 0.129 e. The molecule has 3 nitrogen and oxygen atoms in total. The Morgan fingerprint density at radius 2 is 2.28 bits per heavy atom. The number of hydrogen-bond donors (Lipinski definition) is 0. The Balaban J connectivity index is 2.44. The van der Waals surface area contributed by atoms with Crippen molar-refractivity contribution in [2.45, 2.75) is 19.8 Å². The van der Waals surface area contributed by atoms with Crippen LogP contribution in [0.5, 0.6) is 5.75 Å². The average Bonchev–Trinajstić information content (AvgIpc) is 2.87. The van der Waals surface area contributed by atoms with Gasteiger partial charge in [-0.15, -0.1) is 11.3 Å². The minimum Gasteiger partial charge on any atom is -0.496 e. The second-order valence-electron chi connectivity index (χ2n) is 3.85. The SMILES string of the molecule is CCc1ccc(OC)c(-c2ncc(CC#N)s2)c1. The lowest BCUT2D eigenvalue weighted by molar-refractivity contribution is 0.416. The first-order valence-corrected chi connectivity index (χ1v) is 6.59. The minimum atomic E-state index is 0.410. The quantitative estimate of drug-likeness (QED) is 0.843. The molecule has 0 saturated heterocycles. The normalized spacial score (nSPS) is 10.1. The fraction of sp³-hybridized carbons (Fsp3) is 0.286. The molecule has 1 heterocycles. The number of thiazole rings is 1. The Morgan fingerprint density at radius 3 is 2.94 bits per heavy atom. The van der Waals surface area contributed by atoms with Crippen LogP contribution in [0.2, 0.25) is 0 Å². The van der Waals surface area contributed by atoms with Gasteiger partial charge in [0, 0.05) is 11.1 Å². The number of rotatable bonds is 4. The van der Waals surface area contributed by atoms with Crippen molar-refractivity contribution in [1.82, 2.24) is 4.98 Å². The molecule has 0 N–H and O–H groups in total. The van der Waals surface area contributed by atoms with E-state index in [2.05, 4.69) is 30.1 Å². The van der Waals surface area contributed by atoms with E-state index in [-0.39, 0.29) is 0 Å². The second-order valence-corrected chi connectivity index (χ2v) is 4.97. The Labute approximate surface area is 111 Å². The molecule has 0 bridgehead atoms. The van der Waals surface area contributed by atoms with Gasteiger partial charge in [-0.25, -0.2) is 4.98 Å². The van der Waals surface area contributed by atoms with E-state index < -0.39 is 0 Å². The maximum Gasteiger partial charge on any atom is 0.129 e. The van der Waals surface area contributed by atoms with Gasteiger partial charge in [0.05, 0.1) is 25.2 Å². The van der Waals surface area contributed by atoms with Crippen LogP contribution in [0.4, 0.5) is 0 Å². The maximum atomic E-state index is 8.69. The molecule has 18 heavy (non-hydrogen) atoms. The third kappa shape index (κ3) is 2.52. The maximum absolute atomic E-state index is 8.69. The summed E-state index contributed by atoms with van der Waals surface area (Å²) in [5.74, 6) is 0.824. The summed E-state index contributed by atoms with van der Waals surface area (Å²) in [5, 5.41) is 9.60. The van der Waals surface area contributed by atoms with Crippen LogP contribution in [0.15, 0.2) is 24.4 Å². The molecule has 1 aromatic carbocycles. The predicted molar refractivity (Wildman–Crippen MR) is 72.8 cm³/mol. The fourth-order valence-corrected chi connectivity index (χ4v) is 2.60. The lowest BCUT2D eigenvalue weighted by atomic mass is 10.1. The summed E-state index contributed by atoms with van der Waals surface area (Å²) in [7, 11) is 1.66. The van der Waals surface area contributed by atoms with Crippen LogP contribution in [0.3, 0.4) is 0 Å². The molecule has 0 amide bonds. The van der Waals surface area contributed by atoms with Crippen molar-refractivity contribution >= 4 is 11.3 Å². The highest BCUT2D eigenvalue weighted by Gasteiger charge is 2.11. The third-order valence-electron chi connectivity index (χ3n) is 2.71. The van der Waals surface area contributed by atoms with Crippen LogP contribution in [0.25, 0.3) is 10.6 Å². The monoisotopic (exact) mass is 258 g/mol. The molecular weight excluding hydrogens is 244 g/mol. The lowest BCUT2D eigenvalue weighted by Gasteiger charge is -2.07. The largest absolute Gasteiger partial charge is 0.496 e. The van der Waals surface area contributed by atoms with Crippen molar-refractivity contribution in [2.24, 2.45) is 0 Å². The van der Waals surface area contributed by atoms with E-state index in [9.17, 15) is 0 Å². The van der Waals surface area contributed by atoms with Crippen LogP contribution in [-0.4, -0.2) is 12.1 Å². The number of nitrogens with zero attached hydrogens (tertiary/aromatic N) is 2. The van der Waals surface area contributed by atoms with Gasteiger partial charge in [0.1, 0.15) is 10.8 Å². The molecule has 0 aliphatic heterocycles. The predicted octanol–water partition coefficient (Wildman–Crippen LogP) is 3.45. The summed E-state index contributed by atoms with van der Waals surface area (Å²) < 4.78 is 5.37. The Hall–Kier alpha value is -1.86. The molecule has 0 aliphatic rings. The molecule has 0 atom stereocenters. The molecule has 0 radical (unpaired) electrons. The van der Waals surface area contributed by atoms with Gasteiger partial charge < -0.3 is 4.74 Å². The van der Waals surface area contributed by atoms with E-state index in [0.29, 0.717) is 6.42 Å². The van der Waals surface area contributed by atoms with E-state index in [1.54, 1.807) is 24.6 Å².